The third-order valence-corrected chi connectivity index (χ3v) is 6.45. The molecule has 4 rings (SSSR count). The van der Waals surface area contributed by atoms with Crippen LogP contribution >= 0.6 is 0 Å². The van der Waals surface area contributed by atoms with E-state index < -0.39 is 0 Å². The largest absolute Gasteiger partial charge is 0.309 e. The number of benzene rings is 3. The molecule has 0 N–H and O–H groups in total. The highest BCUT2D eigenvalue weighted by Crippen LogP contribution is 2.39. The molecule has 0 saturated heterocycles. The number of nitrogens with zero attached hydrogens (tertiary/aromatic N) is 1. The van der Waals surface area contributed by atoms with Crippen LogP contribution in [0.4, 0.5) is 0 Å². The first-order chi connectivity index (χ1) is 14.3. The molecule has 0 amide bonds. The zero-order chi connectivity index (χ0) is 22.8. The average Bonchev–Trinajstić information content (AvgIpc) is 2.99. The van der Waals surface area contributed by atoms with Gasteiger partial charge in [0.2, 0.25) is 0 Å². The Morgan fingerprint density at radius 1 is 0.516 bits per heavy atom. The van der Waals surface area contributed by atoms with Crippen molar-refractivity contribution < 1.29 is 0 Å². The molecular formula is C30H37N. The first kappa shape index (κ1) is 21.7. The van der Waals surface area contributed by atoms with Crippen molar-refractivity contribution in [2.24, 2.45) is 0 Å². The molecule has 162 valence electrons. The first-order valence-electron chi connectivity index (χ1n) is 11.5. The number of para-hydroxylation sites is 1. The summed E-state index contributed by atoms with van der Waals surface area (Å²) >= 11 is 0. The summed E-state index contributed by atoms with van der Waals surface area (Å²) < 4.78 is 2.49. The van der Waals surface area contributed by atoms with Crippen LogP contribution in [-0.2, 0) is 16.2 Å². The SMILES string of the molecule is CC(C)(C)c1ccc2c(c1)c1ccc(C(C)(C)C)cc1n2-c1ccccc1C(C)(C)C. The number of rotatable bonds is 1. The van der Waals surface area contributed by atoms with Crippen molar-refractivity contribution in [3.8, 4) is 5.69 Å². The van der Waals surface area contributed by atoms with E-state index in [1.807, 2.05) is 0 Å². The zero-order valence-electron chi connectivity index (χ0n) is 20.7. The minimum absolute atomic E-state index is 0.0620. The second-order valence-electron chi connectivity index (χ2n) is 12.1. The maximum atomic E-state index is 2.49. The van der Waals surface area contributed by atoms with Gasteiger partial charge in [0.25, 0.3) is 0 Å². The summed E-state index contributed by atoms with van der Waals surface area (Å²) in [6, 6.07) is 23.0. The molecular weight excluding hydrogens is 374 g/mol. The maximum Gasteiger partial charge on any atom is 0.0544 e. The molecule has 1 aromatic heterocycles. The highest BCUT2D eigenvalue weighted by molar-refractivity contribution is 6.10. The lowest BCUT2D eigenvalue weighted by atomic mass is 9.85. The van der Waals surface area contributed by atoms with Crippen LogP contribution in [-0.4, -0.2) is 4.57 Å². The minimum Gasteiger partial charge on any atom is -0.309 e. The van der Waals surface area contributed by atoms with Crippen molar-refractivity contribution in [3.63, 3.8) is 0 Å². The highest BCUT2D eigenvalue weighted by atomic mass is 15.0. The fourth-order valence-electron chi connectivity index (χ4n) is 4.52. The number of hydrogen-bond donors (Lipinski definition) is 0. The molecule has 1 heterocycles. The molecule has 0 aliphatic heterocycles. The van der Waals surface area contributed by atoms with E-state index in [0.717, 1.165) is 0 Å². The van der Waals surface area contributed by atoms with Crippen LogP contribution in [0.25, 0.3) is 27.5 Å². The second kappa shape index (κ2) is 6.99. The summed E-state index contributed by atoms with van der Waals surface area (Å²) in [5.74, 6) is 0. The van der Waals surface area contributed by atoms with Gasteiger partial charge in [-0.05, 0) is 57.2 Å². The van der Waals surface area contributed by atoms with Gasteiger partial charge in [0.15, 0.2) is 0 Å². The van der Waals surface area contributed by atoms with E-state index >= 15 is 0 Å². The van der Waals surface area contributed by atoms with Gasteiger partial charge in [0.1, 0.15) is 0 Å². The van der Waals surface area contributed by atoms with Crippen molar-refractivity contribution in [2.45, 2.75) is 78.6 Å². The summed E-state index contributed by atoms with van der Waals surface area (Å²) in [6.07, 6.45) is 0. The van der Waals surface area contributed by atoms with Crippen molar-refractivity contribution in [1.29, 1.82) is 0 Å². The lowest BCUT2D eigenvalue weighted by molar-refractivity contribution is 0.586. The van der Waals surface area contributed by atoms with Crippen LogP contribution in [0.1, 0.15) is 79.0 Å². The number of fused-ring (bicyclic) bond motifs is 3. The third-order valence-electron chi connectivity index (χ3n) is 6.45. The third kappa shape index (κ3) is 3.80. The summed E-state index contributed by atoms with van der Waals surface area (Å²) in [6.45, 7) is 20.7. The normalized spacial score (nSPS) is 13.3. The Morgan fingerprint density at radius 2 is 1.10 bits per heavy atom. The van der Waals surface area contributed by atoms with Gasteiger partial charge in [-0.15, -0.1) is 0 Å². The van der Waals surface area contributed by atoms with Gasteiger partial charge in [-0.3, -0.25) is 0 Å². The van der Waals surface area contributed by atoms with Gasteiger partial charge >= 0.3 is 0 Å². The molecule has 0 spiro atoms. The average molecular weight is 412 g/mol. The second-order valence-corrected chi connectivity index (χ2v) is 12.1. The van der Waals surface area contributed by atoms with Crippen LogP contribution in [0.15, 0.2) is 60.7 Å². The Labute approximate surface area is 188 Å². The van der Waals surface area contributed by atoms with Gasteiger partial charge in [0.05, 0.1) is 11.0 Å². The lowest BCUT2D eigenvalue weighted by Crippen LogP contribution is -2.15. The molecule has 0 bridgehead atoms. The van der Waals surface area contributed by atoms with Crippen molar-refractivity contribution >= 4 is 21.8 Å². The van der Waals surface area contributed by atoms with Crippen molar-refractivity contribution in [3.05, 3.63) is 77.4 Å². The Bertz CT molecular complexity index is 1260. The number of aromatic nitrogens is 1. The predicted octanol–water partition coefficient (Wildman–Crippen LogP) is 8.68. The van der Waals surface area contributed by atoms with Crippen molar-refractivity contribution in [2.75, 3.05) is 0 Å². The molecule has 0 unspecified atom stereocenters. The van der Waals surface area contributed by atoms with Crippen LogP contribution in [0.3, 0.4) is 0 Å². The van der Waals surface area contributed by atoms with E-state index in [9.17, 15) is 0 Å². The van der Waals surface area contributed by atoms with E-state index in [-0.39, 0.29) is 16.2 Å². The molecule has 0 saturated carbocycles. The van der Waals surface area contributed by atoms with E-state index in [1.54, 1.807) is 0 Å². The summed E-state index contributed by atoms with van der Waals surface area (Å²) in [4.78, 5) is 0. The Morgan fingerprint density at radius 3 is 1.71 bits per heavy atom. The van der Waals surface area contributed by atoms with Crippen LogP contribution < -0.4 is 0 Å². The van der Waals surface area contributed by atoms with Gasteiger partial charge in [0, 0.05) is 16.5 Å². The maximum absolute atomic E-state index is 2.49. The monoisotopic (exact) mass is 411 g/mol. The fourth-order valence-corrected chi connectivity index (χ4v) is 4.52. The quantitative estimate of drug-likeness (QED) is 0.295. The summed E-state index contributed by atoms with van der Waals surface area (Å²) in [5.41, 5.74) is 8.27. The van der Waals surface area contributed by atoms with E-state index in [0.29, 0.717) is 0 Å². The molecule has 0 aliphatic carbocycles. The Hall–Kier alpha value is -2.54. The standard InChI is InChI=1S/C30H37N/c1-28(2,3)20-15-17-25-23(18-20)22-16-14-21(29(4,5)6)19-27(22)31(25)26-13-11-10-12-24(26)30(7,8)9/h10-19H,1-9H3. The van der Waals surface area contributed by atoms with Gasteiger partial charge in [-0.25, -0.2) is 0 Å². The van der Waals surface area contributed by atoms with E-state index in [4.69, 9.17) is 0 Å². The van der Waals surface area contributed by atoms with Gasteiger partial charge < -0.3 is 4.57 Å². The molecule has 1 heteroatoms. The van der Waals surface area contributed by atoms with Gasteiger partial charge in [-0.1, -0.05) is 98.7 Å². The van der Waals surface area contributed by atoms with Gasteiger partial charge in [-0.2, -0.15) is 0 Å². The molecule has 31 heavy (non-hydrogen) atoms. The van der Waals surface area contributed by atoms with E-state index in [2.05, 4.69) is 128 Å². The molecule has 0 aliphatic rings. The smallest absolute Gasteiger partial charge is 0.0544 e. The highest BCUT2D eigenvalue weighted by Gasteiger charge is 2.24. The zero-order valence-corrected chi connectivity index (χ0v) is 20.7. The number of hydrogen-bond acceptors (Lipinski definition) is 0. The molecule has 0 fully saturated rings. The molecule has 4 aromatic rings. The molecule has 0 radical (unpaired) electrons. The first-order valence-corrected chi connectivity index (χ1v) is 11.5. The topological polar surface area (TPSA) is 4.93 Å². The fraction of sp³-hybridized carbons (Fsp3) is 0.400. The summed E-state index contributed by atoms with van der Waals surface area (Å²) in [7, 11) is 0. The van der Waals surface area contributed by atoms with Crippen molar-refractivity contribution in [1.82, 2.24) is 4.57 Å². The molecule has 3 aromatic carbocycles. The van der Waals surface area contributed by atoms with Crippen LogP contribution in [0, 0.1) is 0 Å². The van der Waals surface area contributed by atoms with Crippen LogP contribution in [0.5, 0.6) is 0 Å². The summed E-state index contributed by atoms with van der Waals surface area (Å²) in [5, 5.41) is 2.67. The Balaban J connectivity index is 2.17. The molecule has 0 atom stereocenters. The minimum atomic E-state index is 0.0620. The van der Waals surface area contributed by atoms with Crippen LogP contribution in [0.2, 0.25) is 0 Å². The molecule has 1 nitrogen and oxygen atoms in total. The van der Waals surface area contributed by atoms with E-state index in [1.165, 1.54) is 44.2 Å². The Kier molecular flexibility index (Phi) is 4.89. The lowest BCUT2D eigenvalue weighted by Gasteiger charge is -2.25. The predicted molar refractivity (Wildman–Crippen MR) is 137 cm³/mol.